The molecule has 1 heterocycles. The Balaban J connectivity index is 3.39. The van der Waals surface area contributed by atoms with Crippen LogP contribution in [0, 0.1) is 3.57 Å². The van der Waals surface area contributed by atoms with Crippen LogP contribution in [-0.4, -0.2) is 23.6 Å². The SMILES string of the molecule is CCOC(C)(CC)c1nc(NC)c(I)c(C(C)C)n1. The molecule has 0 aliphatic heterocycles. The van der Waals surface area contributed by atoms with E-state index in [1.807, 2.05) is 14.0 Å². The smallest absolute Gasteiger partial charge is 0.162 e. The van der Waals surface area contributed by atoms with Gasteiger partial charge in [-0.15, -0.1) is 0 Å². The lowest BCUT2D eigenvalue weighted by Gasteiger charge is -2.28. The van der Waals surface area contributed by atoms with Crippen LogP contribution in [0.25, 0.3) is 0 Å². The zero-order valence-corrected chi connectivity index (χ0v) is 14.8. The quantitative estimate of drug-likeness (QED) is 0.764. The average molecular weight is 377 g/mol. The highest BCUT2D eigenvalue weighted by Gasteiger charge is 2.30. The summed E-state index contributed by atoms with van der Waals surface area (Å²) in [5, 5.41) is 3.16. The molecule has 0 radical (unpaired) electrons. The topological polar surface area (TPSA) is 47.0 Å². The fourth-order valence-corrected chi connectivity index (χ4v) is 3.03. The summed E-state index contributed by atoms with van der Waals surface area (Å²) in [7, 11) is 1.89. The van der Waals surface area contributed by atoms with E-state index in [9.17, 15) is 0 Å². The fourth-order valence-electron chi connectivity index (χ4n) is 1.89. The normalized spacial score (nSPS) is 14.5. The largest absolute Gasteiger partial charge is 0.372 e. The first-order valence-electron chi connectivity index (χ1n) is 6.79. The van der Waals surface area contributed by atoms with Gasteiger partial charge < -0.3 is 10.1 Å². The Kier molecular flexibility index (Phi) is 5.98. The van der Waals surface area contributed by atoms with E-state index in [-0.39, 0.29) is 0 Å². The van der Waals surface area contributed by atoms with E-state index in [1.54, 1.807) is 0 Å². The molecule has 0 aliphatic carbocycles. The second-order valence-corrected chi connectivity index (χ2v) is 6.10. The van der Waals surface area contributed by atoms with Crippen LogP contribution in [0.15, 0.2) is 0 Å². The molecule has 5 heteroatoms. The Labute approximate surface area is 129 Å². The summed E-state index contributed by atoms with van der Waals surface area (Å²) in [5.74, 6) is 2.02. The molecule has 0 saturated carbocycles. The van der Waals surface area contributed by atoms with Gasteiger partial charge in [0, 0.05) is 13.7 Å². The number of hydrogen-bond donors (Lipinski definition) is 1. The molecule has 0 fully saturated rings. The van der Waals surface area contributed by atoms with Gasteiger partial charge >= 0.3 is 0 Å². The van der Waals surface area contributed by atoms with Crippen molar-refractivity contribution in [3.05, 3.63) is 15.1 Å². The summed E-state index contributed by atoms with van der Waals surface area (Å²) in [5.41, 5.74) is 0.656. The minimum Gasteiger partial charge on any atom is -0.372 e. The lowest BCUT2D eigenvalue weighted by molar-refractivity contribution is -0.0391. The van der Waals surface area contributed by atoms with Gasteiger partial charge in [0.2, 0.25) is 0 Å². The molecule has 19 heavy (non-hydrogen) atoms. The number of halogens is 1. The molecule has 0 saturated heterocycles. The molecule has 0 bridgehead atoms. The third-order valence-electron chi connectivity index (χ3n) is 3.27. The van der Waals surface area contributed by atoms with Gasteiger partial charge in [-0.1, -0.05) is 20.8 Å². The summed E-state index contributed by atoms with van der Waals surface area (Å²) in [6.07, 6.45) is 0.849. The minimum absolute atomic E-state index is 0.364. The first-order valence-corrected chi connectivity index (χ1v) is 7.87. The molecular formula is C14H24IN3O. The number of rotatable bonds is 6. The van der Waals surface area contributed by atoms with Gasteiger partial charge in [-0.2, -0.15) is 0 Å². The van der Waals surface area contributed by atoms with Crippen LogP contribution in [0.3, 0.4) is 0 Å². The van der Waals surface area contributed by atoms with Crippen molar-refractivity contribution in [1.29, 1.82) is 0 Å². The van der Waals surface area contributed by atoms with Crippen LogP contribution >= 0.6 is 22.6 Å². The third kappa shape index (κ3) is 3.56. The maximum Gasteiger partial charge on any atom is 0.162 e. The molecule has 4 nitrogen and oxygen atoms in total. The third-order valence-corrected chi connectivity index (χ3v) is 4.33. The molecule has 1 aromatic rings. The predicted molar refractivity (Wildman–Crippen MR) is 87.7 cm³/mol. The molecule has 0 aromatic carbocycles. The Hall–Kier alpha value is -0.430. The summed E-state index contributed by atoms with van der Waals surface area (Å²) in [6, 6.07) is 0. The molecular weight excluding hydrogens is 353 g/mol. The lowest BCUT2D eigenvalue weighted by atomic mass is 10.0. The molecule has 1 unspecified atom stereocenters. The van der Waals surface area contributed by atoms with E-state index in [2.05, 4.69) is 60.6 Å². The van der Waals surface area contributed by atoms with Crippen molar-refractivity contribution >= 4 is 28.4 Å². The van der Waals surface area contributed by atoms with Crippen molar-refractivity contribution in [2.24, 2.45) is 0 Å². The van der Waals surface area contributed by atoms with Crippen molar-refractivity contribution in [2.75, 3.05) is 19.0 Å². The number of ether oxygens (including phenoxy) is 1. The molecule has 0 spiro atoms. The van der Waals surface area contributed by atoms with E-state index in [4.69, 9.17) is 9.72 Å². The summed E-state index contributed by atoms with van der Waals surface area (Å²) >= 11 is 2.31. The van der Waals surface area contributed by atoms with Crippen molar-refractivity contribution in [1.82, 2.24) is 9.97 Å². The summed E-state index contributed by atoms with van der Waals surface area (Å²) < 4.78 is 6.98. The van der Waals surface area contributed by atoms with E-state index in [1.165, 1.54) is 0 Å². The Bertz CT molecular complexity index is 437. The molecule has 0 amide bonds. The number of hydrogen-bond acceptors (Lipinski definition) is 4. The van der Waals surface area contributed by atoms with E-state index in [0.717, 1.165) is 27.3 Å². The number of aromatic nitrogens is 2. The first-order chi connectivity index (χ1) is 8.89. The molecule has 1 N–H and O–H groups in total. The molecule has 108 valence electrons. The van der Waals surface area contributed by atoms with Crippen molar-refractivity contribution in [3.8, 4) is 0 Å². The van der Waals surface area contributed by atoms with Crippen LogP contribution in [0.5, 0.6) is 0 Å². The predicted octanol–water partition coefficient (Wildman–Crippen LogP) is 3.91. The zero-order valence-electron chi connectivity index (χ0n) is 12.7. The van der Waals surface area contributed by atoms with Gasteiger partial charge in [-0.25, -0.2) is 9.97 Å². The van der Waals surface area contributed by atoms with E-state index < -0.39 is 5.60 Å². The van der Waals surface area contributed by atoms with Crippen LogP contribution < -0.4 is 5.32 Å². The Morgan fingerprint density at radius 1 is 1.32 bits per heavy atom. The van der Waals surface area contributed by atoms with Crippen LogP contribution in [0.4, 0.5) is 5.82 Å². The van der Waals surface area contributed by atoms with E-state index in [0.29, 0.717) is 12.5 Å². The monoisotopic (exact) mass is 377 g/mol. The Morgan fingerprint density at radius 2 is 1.95 bits per heavy atom. The van der Waals surface area contributed by atoms with Crippen molar-refractivity contribution in [3.63, 3.8) is 0 Å². The molecule has 0 aliphatic rings. The summed E-state index contributed by atoms with van der Waals surface area (Å²) in [4.78, 5) is 9.40. The highest BCUT2D eigenvalue weighted by molar-refractivity contribution is 14.1. The van der Waals surface area contributed by atoms with Crippen LogP contribution in [-0.2, 0) is 10.3 Å². The zero-order chi connectivity index (χ0) is 14.6. The second-order valence-electron chi connectivity index (χ2n) is 5.02. The van der Waals surface area contributed by atoms with Gasteiger partial charge in [0.25, 0.3) is 0 Å². The van der Waals surface area contributed by atoms with E-state index >= 15 is 0 Å². The summed E-state index contributed by atoms with van der Waals surface area (Å²) in [6.45, 7) is 11.1. The first kappa shape index (κ1) is 16.6. The standard InChI is InChI=1S/C14H24IN3O/c1-7-14(5,19-8-2)13-17-11(9(3)4)10(15)12(16-6)18-13/h9H,7-8H2,1-6H3,(H,16,17,18). The van der Waals surface area contributed by atoms with Gasteiger partial charge in [-0.3, -0.25) is 0 Å². The Morgan fingerprint density at radius 3 is 2.37 bits per heavy atom. The number of nitrogens with zero attached hydrogens (tertiary/aromatic N) is 2. The average Bonchev–Trinajstić information content (AvgIpc) is 2.38. The van der Waals surface area contributed by atoms with Crippen molar-refractivity contribution < 1.29 is 4.74 Å². The highest BCUT2D eigenvalue weighted by atomic mass is 127. The van der Waals surface area contributed by atoms with Crippen LogP contribution in [0.2, 0.25) is 0 Å². The van der Waals surface area contributed by atoms with Crippen LogP contribution in [0.1, 0.15) is 58.5 Å². The van der Waals surface area contributed by atoms with Gasteiger partial charge in [0.1, 0.15) is 11.4 Å². The van der Waals surface area contributed by atoms with Gasteiger partial charge in [-0.05, 0) is 48.8 Å². The number of nitrogens with one attached hydrogen (secondary N) is 1. The maximum absolute atomic E-state index is 5.88. The molecule has 1 aromatic heterocycles. The molecule has 1 rings (SSSR count). The minimum atomic E-state index is -0.422. The highest BCUT2D eigenvalue weighted by Crippen LogP contribution is 2.31. The number of anilines is 1. The lowest BCUT2D eigenvalue weighted by Crippen LogP contribution is -2.29. The van der Waals surface area contributed by atoms with Gasteiger partial charge in [0.05, 0.1) is 9.26 Å². The fraction of sp³-hybridized carbons (Fsp3) is 0.714. The second kappa shape index (κ2) is 6.83. The van der Waals surface area contributed by atoms with Crippen molar-refractivity contribution in [2.45, 2.75) is 52.6 Å². The van der Waals surface area contributed by atoms with Gasteiger partial charge in [0.15, 0.2) is 5.82 Å². The molecule has 1 atom stereocenters. The maximum atomic E-state index is 5.88.